The van der Waals surface area contributed by atoms with Crippen molar-refractivity contribution < 1.29 is 24.2 Å². The van der Waals surface area contributed by atoms with Crippen LogP contribution < -0.4 is 10.1 Å². The van der Waals surface area contributed by atoms with Crippen molar-refractivity contribution in [3.05, 3.63) is 71.4 Å². The predicted octanol–water partition coefficient (Wildman–Crippen LogP) is 3.58. The lowest BCUT2D eigenvalue weighted by Crippen LogP contribution is -2.31. The first-order valence-corrected chi connectivity index (χ1v) is 12.3. The maximum atomic E-state index is 13.3. The van der Waals surface area contributed by atoms with Crippen LogP contribution in [0.25, 0.3) is 22.2 Å². The normalized spacial score (nSPS) is 15.1. The van der Waals surface area contributed by atoms with Crippen LogP contribution in [-0.4, -0.2) is 77.0 Å². The van der Waals surface area contributed by atoms with Gasteiger partial charge in [0, 0.05) is 20.2 Å². The molecule has 10 nitrogen and oxygen atoms in total. The summed E-state index contributed by atoms with van der Waals surface area (Å²) in [5.41, 5.74) is 3.76. The average molecular weight is 516 g/mol. The molecule has 0 spiro atoms. The lowest BCUT2D eigenvalue weighted by atomic mass is 9.99. The number of nitrogens with one attached hydrogen (secondary N) is 2. The minimum Gasteiger partial charge on any atom is -0.481 e. The minimum atomic E-state index is -0.993. The molecule has 2 aromatic carbocycles. The number of H-pyrrole nitrogens is 1. The van der Waals surface area contributed by atoms with Gasteiger partial charge in [-0.3, -0.25) is 9.59 Å². The Morgan fingerprint density at radius 3 is 2.66 bits per heavy atom. The number of fused-ring (bicyclic) bond motifs is 1. The van der Waals surface area contributed by atoms with Crippen LogP contribution >= 0.6 is 0 Å². The van der Waals surface area contributed by atoms with E-state index < -0.39 is 5.97 Å². The van der Waals surface area contributed by atoms with Gasteiger partial charge in [0.25, 0.3) is 5.91 Å². The van der Waals surface area contributed by atoms with E-state index in [9.17, 15) is 9.59 Å². The Balaban J connectivity index is 1.53. The molecule has 1 atom stereocenters. The number of aromatic nitrogens is 3. The number of aliphatic carboxylic acids is 1. The molecule has 196 valence electrons. The molecule has 0 saturated carbocycles. The molecule has 3 N–H and O–H groups in total. The van der Waals surface area contributed by atoms with Crippen molar-refractivity contribution in [3.8, 4) is 17.3 Å². The highest BCUT2D eigenvalue weighted by Crippen LogP contribution is 2.32. The monoisotopic (exact) mass is 515 g/mol. The number of carboxylic acid groups (broad SMARTS) is 1. The van der Waals surface area contributed by atoms with E-state index in [2.05, 4.69) is 50.8 Å². The number of carbonyl (C=O) groups is 2. The average Bonchev–Trinajstić information content (AvgIpc) is 3.58. The standard InChI is InChI=1S/C28H29N5O5/c1-37-21-9-10-33(16-21)28(36)24-13-20(12-17-7-8-18-5-3-4-6-19(18)11-17)26(32-31-24)22-14-23(27(30-22)38-2)29-15-25(34)35/h3-8,11,13-14,21,29-30H,9-10,12,15-16H2,1-2H3,(H,34,35). The maximum absolute atomic E-state index is 13.3. The Kier molecular flexibility index (Phi) is 7.23. The fraction of sp³-hybridized carbons (Fsp3) is 0.286. The van der Waals surface area contributed by atoms with Crippen LogP contribution in [0, 0.1) is 0 Å². The van der Waals surface area contributed by atoms with E-state index >= 15 is 0 Å². The summed E-state index contributed by atoms with van der Waals surface area (Å²) in [7, 11) is 3.15. The van der Waals surface area contributed by atoms with Crippen molar-refractivity contribution in [2.45, 2.75) is 18.9 Å². The smallest absolute Gasteiger partial charge is 0.322 e. The van der Waals surface area contributed by atoms with E-state index in [1.165, 1.54) is 7.11 Å². The third-order valence-electron chi connectivity index (χ3n) is 6.74. The van der Waals surface area contributed by atoms with Gasteiger partial charge in [0.1, 0.15) is 12.2 Å². The zero-order valence-electron chi connectivity index (χ0n) is 21.2. The number of aromatic amines is 1. The fourth-order valence-electron chi connectivity index (χ4n) is 4.76. The number of hydrogen-bond acceptors (Lipinski definition) is 7. The van der Waals surface area contributed by atoms with Crippen molar-refractivity contribution in [1.82, 2.24) is 20.1 Å². The van der Waals surface area contributed by atoms with Gasteiger partial charge in [-0.05, 0) is 46.9 Å². The van der Waals surface area contributed by atoms with Gasteiger partial charge in [-0.25, -0.2) is 0 Å². The van der Waals surface area contributed by atoms with Crippen LogP contribution in [0.3, 0.4) is 0 Å². The number of amides is 1. The number of nitrogens with zero attached hydrogens (tertiary/aromatic N) is 3. The molecule has 3 heterocycles. The van der Waals surface area contributed by atoms with Crippen molar-refractivity contribution in [2.24, 2.45) is 0 Å². The number of likely N-dealkylation sites (tertiary alicyclic amines) is 1. The summed E-state index contributed by atoms with van der Waals surface area (Å²) >= 11 is 0. The molecule has 0 aliphatic carbocycles. The Labute approximate surface area is 219 Å². The summed E-state index contributed by atoms with van der Waals surface area (Å²) in [5.74, 6) is -0.800. The van der Waals surface area contributed by atoms with E-state index in [-0.39, 0.29) is 24.2 Å². The summed E-state index contributed by atoms with van der Waals surface area (Å²) in [6.07, 6.45) is 1.31. The topological polar surface area (TPSA) is 130 Å². The molecule has 4 aromatic rings. The van der Waals surface area contributed by atoms with Crippen LogP contribution in [-0.2, 0) is 16.0 Å². The summed E-state index contributed by atoms with van der Waals surface area (Å²) in [5, 5.41) is 22.9. The van der Waals surface area contributed by atoms with Crippen LogP contribution in [0.5, 0.6) is 5.88 Å². The predicted molar refractivity (Wildman–Crippen MR) is 143 cm³/mol. The highest BCUT2D eigenvalue weighted by atomic mass is 16.5. The number of hydrogen-bond donors (Lipinski definition) is 3. The second-order valence-corrected chi connectivity index (χ2v) is 9.24. The van der Waals surface area contributed by atoms with E-state index in [1.54, 1.807) is 24.1 Å². The maximum Gasteiger partial charge on any atom is 0.322 e. The number of carboxylic acids is 1. The zero-order chi connectivity index (χ0) is 26.6. The fourth-order valence-corrected chi connectivity index (χ4v) is 4.76. The van der Waals surface area contributed by atoms with Gasteiger partial charge in [-0.1, -0.05) is 42.5 Å². The highest BCUT2D eigenvalue weighted by molar-refractivity contribution is 5.93. The molecule has 1 unspecified atom stereocenters. The van der Waals surface area contributed by atoms with Crippen LogP contribution in [0.4, 0.5) is 5.69 Å². The van der Waals surface area contributed by atoms with Gasteiger partial charge in [0.15, 0.2) is 5.69 Å². The van der Waals surface area contributed by atoms with Crippen molar-refractivity contribution in [2.75, 3.05) is 39.2 Å². The number of benzene rings is 2. The molecule has 0 bridgehead atoms. The molecular formula is C28H29N5O5. The number of ether oxygens (including phenoxy) is 2. The molecule has 1 amide bonds. The van der Waals surface area contributed by atoms with Gasteiger partial charge in [-0.2, -0.15) is 0 Å². The second-order valence-electron chi connectivity index (χ2n) is 9.24. The van der Waals surface area contributed by atoms with E-state index in [0.29, 0.717) is 42.5 Å². The van der Waals surface area contributed by atoms with Crippen LogP contribution in [0.1, 0.15) is 28.0 Å². The van der Waals surface area contributed by atoms with E-state index in [4.69, 9.17) is 14.6 Å². The molecule has 10 heteroatoms. The molecule has 2 aromatic heterocycles. The summed E-state index contributed by atoms with van der Waals surface area (Å²) in [4.78, 5) is 29.2. The van der Waals surface area contributed by atoms with Gasteiger partial charge in [0.05, 0.1) is 24.6 Å². The van der Waals surface area contributed by atoms with Crippen LogP contribution in [0.15, 0.2) is 54.6 Å². The second kappa shape index (κ2) is 10.9. The summed E-state index contributed by atoms with van der Waals surface area (Å²) < 4.78 is 10.8. The van der Waals surface area contributed by atoms with E-state index in [1.807, 2.05) is 12.1 Å². The summed E-state index contributed by atoms with van der Waals surface area (Å²) in [6, 6.07) is 17.9. The lowest BCUT2D eigenvalue weighted by molar-refractivity contribution is -0.134. The molecule has 1 fully saturated rings. The first-order chi connectivity index (χ1) is 18.4. The van der Waals surface area contributed by atoms with Crippen molar-refractivity contribution >= 4 is 28.3 Å². The van der Waals surface area contributed by atoms with Gasteiger partial charge >= 0.3 is 5.97 Å². The largest absolute Gasteiger partial charge is 0.481 e. The van der Waals surface area contributed by atoms with Gasteiger partial charge < -0.3 is 29.8 Å². The number of methoxy groups -OCH3 is 2. The highest BCUT2D eigenvalue weighted by Gasteiger charge is 2.28. The molecule has 38 heavy (non-hydrogen) atoms. The first kappa shape index (κ1) is 25.2. The molecular weight excluding hydrogens is 486 g/mol. The molecule has 1 aliphatic heterocycles. The van der Waals surface area contributed by atoms with Gasteiger partial charge in [-0.15, -0.1) is 10.2 Å². The molecule has 5 rings (SSSR count). The molecule has 1 aliphatic rings. The third-order valence-corrected chi connectivity index (χ3v) is 6.74. The Bertz CT molecular complexity index is 1480. The SMILES string of the molecule is COc1[nH]c(-c2nnc(C(=O)N3CCC(OC)C3)cc2Cc2ccc3ccccc3c2)cc1NCC(=O)O. The number of rotatable bonds is 9. The van der Waals surface area contributed by atoms with Crippen LogP contribution in [0.2, 0.25) is 0 Å². The molecule has 0 radical (unpaired) electrons. The Morgan fingerprint density at radius 2 is 1.92 bits per heavy atom. The quantitative estimate of drug-likeness (QED) is 0.308. The first-order valence-electron chi connectivity index (χ1n) is 12.3. The van der Waals surface area contributed by atoms with E-state index in [0.717, 1.165) is 28.3 Å². The third kappa shape index (κ3) is 5.30. The zero-order valence-corrected chi connectivity index (χ0v) is 21.2. The number of carbonyl (C=O) groups excluding carboxylic acids is 1. The Morgan fingerprint density at radius 1 is 1.11 bits per heavy atom. The summed E-state index contributed by atoms with van der Waals surface area (Å²) in [6.45, 7) is 0.855. The molecule has 1 saturated heterocycles. The Hall–Kier alpha value is -4.44. The lowest BCUT2D eigenvalue weighted by Gasteiger charge is -2.16. The number of anilines is 1. The van der Waals surface area contributed by atoms with Gasteiger partial charge in [0.2, 0.25) is 5.88 Å². The minimum absolute atomic E-state index is 0.0198. The van der Waals surface area contributed by atoms with Crippen molar-refractivity contribution in [3.63, 3.8) is 0 Å². The van der Waals surface area contributed by atoms with Crippen molar-refractivity contribution in [1.29, 1.82) is 0 Å².